The van der Waals surface area contributed by atoms with Gasteiger partial charge in [0.25, 0.3) is 0 Å². The molecule has 0 spiro atoms. The molecule has 0 aliphatic carbocycles. The van der Waals surface area contributed by atoms with E-state index in [9.17, 15) is 4.79 Å². The molecule has 2 rings (SSSR count). The molecular weight excluding hydrogens is 356 g/mol. The van der Waals surface area contributed by atoms with Crippen LogP contribution in [0.3, 0.4) is 0 Å². The molecule has 0 unspecified atom stereocenters. The fourth-order valence-corrected chi connectivity index (χ4v) is 3.16. The van der Waals surface area contributed by atoms with Crippen LogP contribution in [0, 0.1) is 0 Å². The fraction of sp³-hybridized carbons (Fsp3) is 0.524. The van der Waals surface area contributed by atoms with Gasteiger partial charge in [-0.05, 0) is 25.0 Å². The largest absolute Gasteiger partial charge is 0.497 e. The molecule has 0 saturated heterocycles. The average molecular weight is 389 g/mol. The average Bonchev–Trinajstić information content (AvgIpc) is 3.13. The summed E-state index contributed by atoms with van der Waals surface area (Å²) in [7, 11) is 5.14. The van der Waals surface area contributed by atoms with Gasteiger partial charge in [-0.25, -0.2) is 0 Å². The van der Waals surface area contributed by atoms with E-state index in [0.717, 1.165) is 48.7 Å². The van der Waals surface area contributed by atoms with E-state index in [0.29, 0.717) is 13.1 Å². The van der Waals surface area contributed by atoms with Gasteiger partial charge in [-0.2, -0.15) is 5.10 Å². The Bertz CT molecular complexity index is 754. The van der Waals surface area contributed by atoms with Crippen molar-refractivity contribution in [3.05, 3.63) is 36.2 Å². The highest BCUT2D eigenvalue weighted by Gasteiger charge is 2.20. The van der Waals surface area contributed by atoms with E-state index < -0.39 is 0 Å². The first-order chi connectivity index (χ1) is 13.5. The number of hydrogen-bond donors (Lipinski definition) is 0. The van der Waals surface area contributed by atoms with Gasteiger partial charge in [0.2, 0.25) is 5.91 Å². The van der Waals surface area contributed by atoms with Crippen molar-refractivity contribution in [2.75, 3.05) is 38.8 Å². The Morgan fingerprint density at radius 2 is 1.86 bits per heavy atom. The van der Waals surface area contributed by atoms with E-state index in [-0.39, 0.29) is 5.91 Å². The molecule has 0 aliphatic rings. The zero-order valence-electron chi connectivity index (χ0n) is 17.6. The van der Waals surface area contributed by atoms with Crippen LogP contribution in [0.15, 0.2) is 30.6 Å². The lowest BCUT2D eigenvalue weighted by Gasteiger charge is -2.28. The number of rotatable bonds is 11. The lowest BCUT2D eigenvalue weighted by atomic mass is 10.1. The van der Waals surface area contributed by atoms with Crippen LogP contribution < -0.4 is 14.4 Å². The predicted molar refractivity (Wildman–Crippen MR) is 111 cm³/mol. The summed E-state index contributed by atoms with van der Waals surface area (Å²) in [5.74, 6) is 1.60. The highest BCUT2D eigenvalue weighted by atomic mass is 16.5. The SMILES string of the molecule is CCCN(CCC)C(=O)CN(Cc1ccc(OC)cc1OC)c1cnn(C)c1. The molecule has 7 nitrogen and oxygen atoms in total. The number of ether oxygens (including phenoxy) is 2. The second-order valence-corrected chi connectivity index (χ2v) is 6.79. The van der Waals surface area contributed by atoms with Gasteiger partial charge >= 0.3 is 0 Å². The number of anilines is 1. The van der Waals surface area contributed by atoms with Crippen LogP contribution in [0.5, 0.6) is 11.5 Å². The van der Waals surface area contributed by atoms with Crippen LogP contribution >= 0.6 is 0 Å². The minimum atomic E-state index is 0.125. The predicted octanol–water partition coefficient (Wildman–Crippen LogP) is 3.09. The summed E-state index contributed by atoms with van der Waals surface area (Å²) in [6.07, 6.45) is 5.61. The minimum Gasteiger partial charge on any atom is -0.497 e. The minimum absolute atomic E-state index is 0.125. The van der Waals surface area contributed by atoms with E-state index in [1.165, 1.54) is 0 Å². The fourth-order valence-electron chi connectivity index (χ4n) is 3.16. The van der Waals surface area contributed by atoms with Gasteiger partial charge in [0.05, 0.1) is 32.6 Å². The number of amides is 1. The molecular formula is C21H32N4O3. The van der Waals surface area contributed by atoms with Crippen molar-refractivity contribution in [1.82, 2.24) is 14.7 Å². The number of benzene rings is 1. The van der Waals surface area contributed by atoms with Crippen LogP contribution in [-0.4, -0.2) is 54.4 Å². The first-order valence-corrected chi connectivity index (χ1v) is 9.74. The first kappa shape index (κ1) is 21.6. The molecule has 0 N–H and O–H groups in total. The molecule has 0 fully saturated rings. The van der Waals surface area contributed by atoms with Crippen molar-refractivity contribution in [3.8, 4) is 11.5 Å². The summed E-state index contributed by atoms with van der Waals surface area (Å²) >= 11 is 0. The number of hydrogen-bond acceptors (Lipinski definition) is 5. The van der Waals surface area contributed by atoms with Crippen molar-refractivity contribution in [2.24, 2.45) is 7.05 Å². The number of aryl methyl sites for hydroxylation is 1. The number of methoxy groups -OCH3 is 2. The van der Waals surface area contributed by atoms with Gasteiger partial charge < -0.3 is 19.3 Å². The normalized spacial score (nSPS) is 10.6. The molecule has 2 aromatic rings. The summed E-state index contributed by atoms with van der Waals surface area (Å²) in [5, 5.41) is 4.27. The van der Waals surface area contributed by atoms with Gasteiger partial charge in [-0.3, -0.25) is 9.48 Å². The van der Waals surface area contributed by atoms with Crippen LogP contribution in [0.25, 0.3) is 0 Å². The van der Waals surface area contributed by atoms with Gasteiger partial charge in [0.1, 0.15) is 11.5 Å². The summed E-state index contributed by atoms with van der Waals surface area (Å²) in [4.78, 5) is 16.9. The highest BCUT2D eigenvalue weighted by molar-refractivity contribution is 5.81. The summed E-state index contributed by atoms with van der Waals surface area (Å²) in [6, 6.07) is 5.74. The van der Waals surface area contributed by atoms with Crippen LogP contribution in [0.4, 0.5) is 5.69 Å². The highest BCUT2D eigenvalue weighted by Crippen LogP contribution is 2.27. The van der Waals surface area contributed by atoms with E-state index in [2.05, 4.69) is 18.9 Å². The smallest absolute Gasteiger partial charge is 0.242 e. The first-order valence-electron chi connectivity index (χ1n) is 9.74. The molecule has 1 aromatic carbocycles. The Kier molecular flexibility index (Phi) is 8.17. The van der Waals surface area contributed by atoms with Crippen LogP contribution in [0.2, 0.25) is 0 Å². The molecule has 0 bridgehead atoms. The summed E-state index contributed by atoms with van der Waals surface area (Å²) in [5.41, 5.74) is 1.89. The molecule has 7 heteroatoms. The molecule has 1 heterocycles. The number of carbonyl (C=O) groups is 1. The summed E-state index contributed by atoms with van der Waals surface area (Å²) in [6.45, 7) is 6.57. The Labute approximate surface area is 167 Å². The van der Waals surface area contributed by atoms with E-state index in [1.54, 1.807) is 25.1 Å². The van der Waals surface area contributed by atoms with Gasteiger partial charge in [-0.15, -0.1) is 0 Å². The topological polar surface area (TPSA) is 59.8 Å². The number of nitrogens with zero attached hydrogens (tertiary/aromatic N) is 4. The maximum absolute atomic E-state index is 13.0. The van der Waals surface area contributed by atoms with Crippen molar-refractivity contribution in [1.29, 1.82) is 0 Å². The molecule has 154 valence electrons. The third-order valence-electron chi connectivity index (χ3n) is 4.58. The summed E-state index contributed by atoms with van der Waals surface area (Å²) < 4.78 is 12.6. The zero-order valence-corrected chi connectivity index (χ0v) is 17.6. The number of carbonyl (C=O) groups excluding carboxylic acids is 1. The second kappa shape index (κ2) is 10.6. The molecule has 0 saturated carbocycles. The zero-order chi connectivity index (χ0) is 20.5. The maximum atomic E-state index is 13.0. The van der Waals surface area contributed by atoms with Crippen molar-refractivity contribution in [2.45, 2.75) is 33.2 Å². The Balaban J connectivity index is 2.27. The van der Waals surface area contributed by atoms with E-state index in [1.807, 2.05) is 41.2 Å². The van der Waals surface area contributed by atoms with E-state index >= 15 is 0 Å². The van der Waals surface area contributed by atoms with Gasteiger partial charge in [0.15, 0.2) is 0 Å². The number of aromatic nitrogens is 2. The third kappa shape index (κ3) is 5.65. The van der Waals surface area contributed by atoms with Crippen molar-refractivity contribution < 1.29 is 14.3 Å². The molecule has 1 amide bonds. The molecule has 0 aliphatic heterocycles. The van der Waals surface area contributed by atoms with E-state index in [4.69, 9.17) is 9.47 Å². The standard InChI is InChI=1S/C21H32N4O3/c1-6-10-24(11-7-2)21(26)16-25(18-13-22-23(3)15-18)14-17-8-9-19(27-4)12-20(17)28-5/h8-9,12-13,15H,6-7,10-11,14,16H2,1-5H3. The molecule has 0 atom stereocenters. The lowest BCUT2D eigenvalue weighted by molar-refractivity contribution is -0.129. The van der Waals surface area contributed by atoms with Crippen LogP contribution in [-0.2, 0) is 18.4 Å². The second-order valence-electron chi connectivity index (χ2n) is 6.79. The van der Waals surface area contributed by atoms with Crippen molar-refractivity contribution >= 4 is 11.6 Å². The molecule has 0 radical (unpaired) electrons. The lowest BCUT2D eigenvalue weighted by Crippen LogP contribution is -2.41. The quantitative estimate of drug-likeness (QED) is 0.592. The molecule has 28 heavy (non-hydrogen) atoms. The Hall–Kier alpha value is -2.70. The molecule has 1 aromatic heterocycles. The van der Waals surface area contributed by atoms with Crippen LogP contribution in [0.1, 0.15) is 32.3 Å². The Morgan fingerprint density at radius 1 is 1.14 bits per heavy atom. The third-order valence-corrected chi connectivity index (χ3v) is 4.58. The Morgan fingerprint density at radius 3 is 2.39 bits per heavy atom. The van der Waals surface area contributed by atoms with Gasteiger partial charge in [0, 0.05) is 44.5 Å². The van der Waals surface area contributed by atoms with Crippen molar-refractivity contribution in [3.63, 3.8) is 0 Å². The maximum Gasteiger partial charge on any atom is 0.242 e. The monoisotopic (exact) mass is 388 g/mol. The van der Waals surface area contributed by atoms with Gasteiger partial charge in [-0.1, -0.05) is 13.8 Å².